The number of anilines is 3. The fourth-order valence-corrected chi connectivity index (χ4v) is 5.25. The Labute approximate surface area is 189 Å². The van der Waals surface area contributed by atoms with E-state index in [-0.39, 0.29) is 23.9 Å². The van der Waals surface area contributed by atoms with Gasteiger partial charge in [-0.3, -0.25) is 9.59 Å². The molecule has 5 N–H and O–H groups in total. The summed E-state index contributed by atoms with van der Waals surface area (Å²) >= 11 is 1.23. The summed E-state index contributed by atoms with van der Waals surface area (Å²) in [5, 5.41) is 3.07. The van der Waals surface area contributed by atoms with Crippen LogP contribution in [-0.4, -0.2) is 54.0 Å². The largest absolute Gasteiger partial charge is 0.381 e. The zero-order valence-electron chi connectivity index (χ0n) is 16.7. The van der Waals surface area contributed by atoms with Crippen molar-refractivity contribution in [2.75, 3.05) is 42.3 Å². The predicted molar refractivity (Wildman–Crippen MR) is 120 cm³/mol. The summed E-state index contributed by atoms with van der Waals surface area (Å²) in [6.07, 6.45) is 3.60. The Bertz CT molecular complexity index is 1040. The molecule has 2 saturated heterocycles. The Morgan fingerprint density at radius 3 is 2.71 bits per heavy atom. The lowest BCUT2D eigenvalue weighted by Gasteiger charge is -2.41. The minimum atomic E-state index is -0.622. The van der Waals surface area contributed by atoms with Gasteiger partial charge in [0.15, 0.2) is 5.82 Å². The van der Waals surface area contributed by atoms with Crippen molar-refractivity contribution < 1.29 is 14.3 Å². The molecule has 0 aliphatic carbocycles. The number of Topliss-reactive ketones (excluding diaryl/α,β-unsaturated/α-hetero) is 1. The highest BCUT2D eigenvalue weighted by atomic mass is 35.5. The van der Waals surface area contributed by atoms with Crippen molar-refractivity contribution in [3.05, 3.63) is 30.0 Å². The highest BCUT2D eigenvalue weighted by molar-refractivity contribution is 7.99. The van der Waals surface area contributed by atoms with Crippen molar-refractivity contribution in [3.8, 4) is 0 Å². The third-order valence-electron chi connectivity index (χ3n) is 6.22. The van der Waals surface area contributed by atoms with Gasteiger partial charge < -0.3 is 26.4 Å². The average molecular weight is 463 g/mol. The van der Waals surface area contributed by atoms with Crippen molar-refractivity contribution in [1.29, 1.82) is 0 Å². The molecule has 0 bridgehead atoms. The molecule has 1 amide bonds. The van der Waals surface area contributed by atoms with Gasteiger partial charge in [0, 0.05) is 29.4 Å². The third-order valence-corrected chi connectivity index (χ3v) is 7.29. The molecule has 2 fully saturated rings. The van der Waals surface area contributed by atoms with Gasteiger partial charge in [-0.2, -0.15) is 0 Å². The number of ketones is 1. The van der Waals surface area contributed by atoms with Gasteiger partial charge in [0.2, 0.25) is 0 Å². The first-order valence-corrected chi connectivity index (χ1v) is 10.7. The molecule has 1 aromatic heterocycles. The van der Waals surface area contributed by atoms with Crippen LogP contribution in [0.25, 0.3) is 0 Å². The number of fused-ring (bicyclic) bond motifs is 1. The van der Waals surface area contributed by atoms with Gasteiger partial charge in [-0.1, -0.05) is 17.8 Å². The molecule has 9 nitrogen and oxygen atoms in total. The Morgan fingerprint density at radius 1 is 1.26 bits per heavy atom. The number of carbonyl (C=O) groups excluding carboxylic acids is 2. The number of carbonyl (C=O) groups is 2. The number of nitrogen functional groups attached to an aromatic ring is 1. The maximum atomic E-state index is 12.2. The van der Waals surface area contributed by atoms with Crippen LogP contribution in [0.4, 0.5) is 17.3 Å². The summed E-state index contributed by atoms with van der Waals surface area (Å²) < 4.78 is 5.58. The number of amides is 1. The van der Waals surface area contributed by atoms with E-state index in [1.54, 1.807) is 24.4 Å². The fraction of sp³-hybridized carbons (Fsp3) is 0.400. The molecular weight excluding hydrogens is 440 g/mol. The lowest BCUT2D eigenvalue weighted by atomic mass is 9.75. The highest BCUT2D eigenvalue weighted by Crippen LogP contribution is 2.40. The second-order valence-electron chi connectivity index (χ2n) is 7.95. The number of hydrogen-bond donors (Lipinski definition) is 3. The average Bonchev–Trinajstić information content (AvgIpc) is 3.24. The number of nitrogens with two attached hydrogens (primary N) is 2. The molecule has 2 aromatic rings. The van der Waals surface area contributed by atoms with Crippen molar-refractivity contribution in [1.82, 2.24) is 9.97 Å². The first kappa shape index (κ1) is 21.8. The van der Waals surface area contributed by atoms with Gasteiger partial charge in [-0.05, 0) is 25.0 Å². The van der Waals surface area contributed by atoms with E-state index in [9.17, 15) is 9.59 Å². The minimum absolute atomic E-state index is 0. The fourth-order valence-electron chi connectivity index (χ4n) is 4.33. The molecule has 164 valence electrons. The Balaban J connectivity index is 0.00000231. The van der Waals surface area contributed by atoms with Gasteiger partial charge in [-0.15, -0.1) is 12.4 Å². The summed E-state index contributed by atoms with van der Waals surface area (Å²) in [5.74, 6) is -0.151. The number of rotatable bonds is 3. The molecule has 11 heteroatoms. The van der Waals surface area contributed by atoms with E-state index >= 15 is 0 Å². The second kappa shape index (κ2) is 8.27. The molecule has 3 aliphatic rings. The monoisotopic (exact) mass is 462 g/mol. The first-order valence-electron chi connectivity index (χ1n) is 9.84. The van der Waals surface area contributed by atoms with Gasteiger partial charge in [0.05, 0.1) is 30.7 Å². The van der Waals surface area contributed by atoms with Gasteiger partial charge in [0.1, 0.15) is 10.8 Å². The number of piperidine rings is 1. The molecule has 0 unspecified atom stereocenters. The lowest BCUT2D eigenvalue weighted by molar-refractivity contribution is -0.112. The summed E-state index contributed by atoms with van der Waals surface area (Å²) in [4.78, 5) is 35.7. The van der Waals surface area contributed by atoms with E-state index in [1.807, 2.05) is 0 Å². The van der Waals surface area contributed by atoms with E-state index in [0.29, 0.717) is 33.6 Å². The molecule has 1 atom stereocenters. The number of hydrogen-bond acceptors (Lipinski definition) is 9. The van der Waals surface area contributed by atoms with Crippen LogP contribution in [-0.2, 0) is 9.53 Å². The maximum Gasteiger partial charge on any atom is 0.296 e. The number of aromatic nitrogens is 2. The Morgan fingerprint density at radius 2 is 2.03 bits per heavy atom. The van der Waals surface area contributed by atoms with E-state index in [0.717, 1.165) is 38.4 Å². The number of nitrogens with one attached hydrogen (secondary N) is 1. The molecule has 5 rings (SSSR count). The van der Waals surface area contributed by atoms with Crippen LogP contribution in [0.1, 0.15) is 23.2 Å². The third kappa shape index (κ3) is 3.73. The number of ether oxygens (including phenoxy) is 1. The van der Waals surface area contributed by atoms with Crippen molar-refractivity contribution in [2.45, 2.75) is 28.8 Å². The van der Waals surface area contributed by atoms with E-state index in [2.05, 4.69) is 20.2 Å². The smallest absolute Gasteiger partial charge is 0.296 e. The molecule has 3 aliphatic heterocycles. The van der Waals surface area contributed by atoms with Gasteiger partial charge in [0.25, 0.3) is 11.7 Å². The predicted octanol–water partition coefficient (Wildman–Crippen LogP) is 1.71. The van der Waals surface area contributed by atoms with Gasteiger partial charge >= 0.3 is 0 Å². The minimum Gasteiger partial charge on any atom is -0.381 e. The van der Waals surface area contributed by atoms with Crippen LogP contribution < -0.4 is 21.7 Å². The zero-order valence-corrected chi connectivity index (χ0v) is 18.3. The molecular formula is C20H23ClN6O3S. The van der Waals surface area contributed by atoms with E-state index < -0.39 is 11.7 Å². The Hall–Kier alpha value is -2.40. The summed E-state index contributed by atoms with van der Waals surface area (Å²) in [6.45, 7) is 3.01. The molecule has 31 heavy (non-hydrogen) atoms. The Kier molecular flexibility index (Phi) is 5.82. The second-order valence-corrected chi connectivity index (χ2v) is 8.98. The number of nitrogens with zero attached hydrogens (tertiary/aromatic N) is 3. The quantitative estimate of drug-likeness (QED) is 0.582. The van der Waals surface area contributed by atoms with E-state index in [1.165, 1.54) is 11.8 Å². The van der Waals surface area contributed by atoms with Crippen molar-refractivity contribution in [3.63, 3.8) is 0 Å². The maximum absolute atomic E-state index is 12.2. The van der Waals surface area contributed by atoms with Crippen LogP contribution >= 0.6 is 24.2 Å². The molecule has 1 spiro atoms. The lowest BCUT2D eigenvalue weighted by Crippen LogP contribution is -2.49. The van der Waals surface area contributed by atoms with Crippen molar-refractivity contribution >= 4 is 53.2 Å². The summed E-state index contributed by atoms with van der Waals surface area (Å²) in [5.41, 5.74) is 13.4. The van der Waals surface area contributed by atoms with Crippen LogP contribution in [0, 0.1) is 5.41 Å². The standard InChI is InChI=1S/C20H22N6O3S.ClH/c21-13-9-29-10-20(13)4-6-26(7-5-20)14-8-23-19(17(22)25-14)30-12-3-1-2-11-15(12)16(27)18(28)24-11;/h1-3,8,13H,4-7,9-10,21H2,(H2,22,25)(H,24,27,28);1H/t13-;/m1./s1. The molecule has 4 heterocycles. The summed E-state index contributed by atoms with van der Waals surface area (Å²) in [7, 11) is 0. The normalized spacial score (nSPS) is 21.7. The van der Waals surface area contributed by atoms with Crippen molar-refractivity contribution in [2.24, 2.45) is 11.1 Å². The SMILES string of the molecule is Cl.Nc1nc(N2CCC3(CC2)COC[C@H]3N)cnc1Sc1cccc2c1C(=O)C(=O)N2. The van der Waals surface area contributed by atoms with Crippen LogP contribution in [0.2, 0.25) is 0 Å². The van der Waals surface area contributed by atoms with Crippen LogP contribution in [0.5, 0.6) is 0 Å². The number of benzene rings is 1. The first-order chi connectivity index (χ1) is 14.5. The van der Waals surface area contributed by atoms with Crippen LogP contribution in [0.3, 0.4) is 0 Å². The van der Waals surface area contributed by atoms with E-state index in [4.69, 9.17) is 16.2 Å². The highest BCUT2D eigenvalue weighted by Gasteiger charge is 2.44. The number of halogens is 1. The molecule has 0 radical (unpaired) electrons. The summed E-state index contributed by atoms with van der Waals surface area (Å²) in [6, 6.07) is 5.34. The zero-order chi connectivity index (χ0) is 20.9. The van der Waals surface area contributed by atoms with Gasteiger partial charge in [-0.25, -0.2) is 9.97 Å². The molecule has 0 saturated carbocycles. The molecule has 1 aromatic carbocycles. The van der Waals surface area contributed by atoms with Crippen LogP contribution in [0.15, 0.2) is 34.3 Å². The topological polar surface area (TPSA) is 136 Å².